The minimum atomic E-state index is 0.839. The first-order chi connectivity index (χ1) is 30.8. The molecule has 0 aliphatic carbocycles. The first kappa shape index (κ1) is 35.6. The van der Waals surface area contributed by atoms with Crippen LogP contribution >= 0.6 is 0 Å². The van der Waals surface area contributed by atoms with Crippen LogP contribution in [0.25, 0.3) is 111 Å². The minimum absolute atomic E-state index is 0.839. The second-order valence-corrected chi connectivity index (χ2v) is 15.8. The van der Waals surface area contributed by atoms with E-state index in [2.05, 4.69) is 221 Å². The predicted molar refractivity (Wildman–Crippen MR) is 258 cm³/mol. The van der Waals surface area contributed by atoms with Crippen molar-refractivity contribution in [2.45, 2.75) is 0 Å². The number of aromatic nitrogens is 4. The zero-order chi connectivity index (χ0) is 41.0. The van der Waals surface area contributed by atoms with Crippen molar-refractivity contribution in [2.24, 2.45) is 0 Å². The molecule has 290 valence electrons. The summed E-state index contributed by atoms with van der Waals surface area (Å²) >= 11 is 0. The third-order valence-electron chi connectivity index (χ3n) is 12.1. The molecule has 12 aromatic rings. The van der Waals surface area contributed by atoms with Crippen molar-refractivity contribution in [1.82, 2.24) is 19.1 Å². The van der Waals surface area contributed by atoms with E-state index in [0.29, 0.717) is 0 Å². The van der Waals surface area contributed by atoms with Crippen LogP contribution in [0, 0.1) is 0 Å². The molecule has 62 heavy (non-hydrogen) atoms. The van der Waals surface area contributed by atoms with E-state index in [4.69, 9.17) is 9.97 Å². The zero-order valence-corrected chi connectivity index (χ0v) is 33.7. The summed E-state index contributed by atoms with van der Waals surface area (Å²) in [6, 6.07) is 82.0. The standard InChI is InChI=1S/C58H38N4/c1-4-18-40(19-5-1)55-56(41-20-6-2-7-21-41)60-58(57(59-55)42-22-8-3-9-23-42)43-34-32-39(33-35-43)44-36-45(61-51-28-14-10-24-47(51)48-25-11-15-29-52(48)61)38-46(37-44)62-53-30-16-12-26-49(53)50-27-13-17-31-54(50)62/h1-38H. The highest BCUT2D eigenvalue weighted by Crippen LogP contribution is 2.40. The molecular weight excluding hydrogens is 753 g/mol. The second kappa shape index (κ2) is 14.7. The molecule has 0 saturated carbocycles. The van der Waals surface area contributed by atoms with E-state index in [1.165, 1.54) is 43.6 Å². The van der Waals surface area contributed by atoms with Crippen LogP contribution in [0.2, 0.25) is 0 Å². The number of rotatable bonds is 7. The van der Waals surface area contributed by atoms with Crippen molar-refractivity contribution in [2.75, 3.05) is 0 Å². The molecule has 0 aliphatic rings. The molecule has 4 nitrogen and oxygen atoms in total. The minimum Gasteiger partial charge on any atom is -0.309 e. The van der Waals surface area contributed by atoms with Gasteiger partial charge in [-0.15, -0.1) is 0 Å². The highest BCUT2D eigenvalue weighted by atomic mass is 15.0. The van der Waals surface area contributed by atoms with Crippen LogP contribution in [0.4, 0.5) is 0 Å². The highest BCUT2D eigenvalue weighted by Gasteiger charge is 2.21. The van der Waals surface area contributed by atoms with Crippen LogP contribution in [0.5, 0.6) is 0 Å². The average Bonchev–Trinajstić information content (AvgIpc) is 3.88. The summed E-state index contributed by atoms with van der Waals surface area (Å²) in [6.45, 7) is 0. The van der Waals surface area contributed by atoms with E-state index >= 15 is 0 Å². The van der Waals surface area contributed by atoms with Gasteiger partial charge >= 0.3 is 0 Å². The summed E-state index contributed by atoms with van der Waals surface area (Å²) in [5.41, 5.74) is 16.6. The average molecular weight is 791 g/mol. The molecule has 0 N–H and O–H groups in total. The number of hydrogen-bond donors (Lipinski definition) is 0. The normalized spacial score (nSPS) is 11.5. The van der Waals surface area contributed by atoms with Gasteiger partial charge in [-0.05, 0) is 53.6 Å². The third kappa shape index (κ3) is 5.92. The Kier molecular flexibility index (Phi) is 8.46. The Labute approximate surface area is 359 Å². The van der Waals surface area contributed by atoms with Crippen molar-refractivity contribution in [1.29, 1.82) is 0 Å². The molecule has 3 heterocycles. The van der Waals surface area contributed by atoms with E-state index in [0.717, 1.165) is 67.5 Å². The largest absolute Gasteiger partial charge is 0.309 e. The molecule has 0 saturated heterocycles. The molecule has 0 bridgehead atoms. The number of para-hydroxylation sites is 4. The van der Waals surface area contributed by atoms with Gasteiger partial charge in [0.05, 0.1) is 44.8 Å². The fourth-order valence-electron chi connectivity index (χ4n) is 9.27. The summed E-state index contributed by atoms with van der Waals surface area (Å²) in [6.07, 6.45) is 0. The molecule has 0 fully saturated rings. The smallest absolute Gasteiger partial charge is 0.0973 e. The van der Waals surface area contributed by atoms with Crippen LogP contribution < -0.4 is 0 Å². The van der Waals surface area contributed by atoms with Crippen molar-refractivity contribution in [3.05, 3.63) is 231 Å². The third-order valence-corrected chi connectivity index (χ3v) is 12.1. The van der Waals surface area contributed by atoms with E-state index in [1.807, 2.05) is 18.2 Å². The van der Waals surface area contributed by atoms with E-state index in [-0.39, 0.29) is 0 Å². The molecule has 9 aromatic carbocycles. The Balaban J connectivity index is 1.08. The van der Waals surface area contributed by atoms with Gasteiger partial charge in [-0.1, -0.05) is 188 Å². The van der Waals surface area contributed by atoms with Crippen molar-refractivity contribution in [3.8, 4) is 67.5 Å². The number of nitrogens with zero attached hydrogens (tertiary/aromatic N) is 4. The van der Waals surface area contributed by atoms with E-state index in [1.54, 1.807) is 0 Å². The monoisotopic (exact) mass is 790 g/mol. The first-order valence-electron chi connectivity index (χ1n) is 21.1. The first-order valence-corrected chi connectivity index (χ1v) is 21.1. The maximum absolute atomic E-state index is 5.51. The second-order valence-electron chi connectivity index (χ2n) is 15.8. The van der Waals surface area contributed by atoms with Crippen molar-refractivity contribution >= 4 is 43.6 Å². The molecule has 0 unspecified atom stereocenters. The van der Waals surface area contributed by atoms with Crippen LogP contribution in [-0.2, 0) is 0 Å². The number of benzene rings is 9. The number of fused-ring (bicyclic) bond motifs is 6. The van der Waals surface area contributed by atoms with Gasteiger partial charge in [0.1, 0.15) is 0 Å². The molecule has 0 aliphatic heterocycles. The van der Waals surface area contributed by atoms with Gasteiger partial charge in [0.15, 0.2) is 0 Å². The molecule has 4 heteroatoms. The summed E-state index contributed by atoms with van der Waals surface area (Å²) in [5.74, 6) is 0. The van der Waals surface area contributed by atoms with Gasteiger partial charge in [0.2, 0.25) is 0 Å². The lowest BCUT2D eigenvalue weighted by Gasteiger charge is -2.17. The lowest BCUT2D eigenvalue weighted by molar-refractivity contribution is 1.13. The van der Waals surface area contributed by atoms with Crippen LogP contribution in [-0.4, -0.2) is 19.1 Å². The fourth-order valence-corrected chi connectivity index (χ4v) is 9.27. The van der Waals surface area contributed by atoms with Gasteiger partial charge in [-0.25, -0.2) is 9.97 Å². The lowest BCUT2D eigenvalue weighted by atomic mass is 9.97. The van der Waals surface area contributed by atoms with Crippen molar-refractivity contribution in [3.63, 3.8) is 0 Å². The summed E-state index contributed by atoms with van der Waals surface area (Å²) in [5, 5.41) is 4.94. The molecule has 0 atom stereocenters. The predicted octanol–water partition coefficient (Wildman–Crippen LogP) is 15.0. The van der Waals surface area contributed by atoms with Crippen LogP contribution in [0.3, 0.4) is 0 Å². The van der Waals surface area contributed by atoms with Gasteiger partial charge in [0, 0.05) is 55.2 Å². The Hall–Kier alpha value is -8.34. The zero-order valence-electron chi connectivity index (χ0n) is 33.7. The van der Waals surface area contributed by atoms with E-state index < -0.39 is 0 Å². The molecular formula is C58H38N4. The summed E-state index contributed by atoms with van der Waals surface area (Å²) in [4.78, 5) is 11.0. The SMILES string of the molecule is c1ccc(-c2nc(-c3ccccc3)c(-c3ccc(-c4cc(-n5c6ccccc6c6ccccc65)cc(-n5c6ccccc6c6ccccc65)c4)cc3)nc2-c2ccccc2)cc1. The van der Waals surface area contributed by atoms with Gasteiger partial charge < -0.3 is 9.13 Å². The molecule has 0 radical (unpaired) electrons. The molecule has 12 rings (SSSR count). The summed E-state index contributed by atoms with van der Waals surface area (Å²) in [7, 11) is 0. The fraction of sp³-hybridized carbons (Fsp3) is 0. The topological polar surface area (TPSA) is 35.6 Å². The highest BCUT2D eigenvalue weighted by molar-refractivity contribution is 6.10. The van der Waals surface area contributed by atoms with Crippen LogP contribution in [0.15, 0.2) is 231 Å². The Morgan fingerprint density at radius 1 is 0.226 bits per heavy atom. The van der Waals surface area contributed by atoms with Crippen LogP contribution in [0.1, 0.15) is 0 Å². The maximum atomic E-state index is 5.51. The molecule has 3 aromatic heterocycles. The quantitative estimate of drug-likeness (QED) is 0.161. The molecule has 0 spiro atoms. The van der Waals surface area contributed by atoms with Gasteiger partial charge in [-0.3, -0.25) is 0 Å². The Morgan fingerprint density at radius 2 is 0.500 bits per heavy atom. The number of hydrogen-bond acceptors (Lipinski definition) is 2. The Bertz CT molecular complexity index is 3370. The van der Waals surface area contributed by atoms with Gasteiger partial charge in [-0.2, -0.15) is 0 Å². The molecule has 0 amide bonds. The summed E-state index contributed by atoms with van der Waals surface area (Å²) < 4.78 is 4.84. The van der Waals surface area contributed by atoms with Gasteiger partial charge in [0.25, 0.3) is 0 Å². The van der Waals surface area contributed by atoms with E-state index in [9.17, 15) is 0 Å². The maximum Gasteiger partial charge on any atom is 0.0973 e. The van der Waals surface area contributed by atoms with Crippen molar-refractivity contribution < 1.29 is 0 Å². The Morgan fingerprint density at radius 3 is 0.839 bits per heavy atom. The lowest BCUT2D eigenvalue weighted by Crippen LogP contribution is -2.01.